The average molecular weight is 544 g/mol. The Morgan fingerprint density at radius 1 is 0.875 bits per heavy atom. The fourth-order valence-corrected chi connectivity index (χ4v) is 5.06. The summed E-state index contributed by atoms with van der Waals surface area (Å²) in [5.41, 5.74) is 1.35. The zero-order chi connectivity index (χ0) is 26.9. The fourth-order valence-electron chi connectivity index (χ4n) is 5.06. The van der Waals surface area contributed by atoms with E-state index >= 15 is 0 Å². The number of fused-ring (bicyclic) bond motifs is 2. The smallest absolute Gasteiger partial charge is 0.412 e. The molecule has 7 rings (SSSR count). The van der Waals surface area contributed by atoms with Gasteiger partial charge in [-0.25, -0.2) is 9.48 Å². The van der Waals surface area contributed by atoms with Crippen LogP contribution in [0.4, 0.5) is 10.5 Å². The van der Waals surface area contributed by atoms with Gasteiger partial charge in [0.05, 0.1) is 13.2 Å². The Balaban J connectivity index is 0.980. The van der Waals surface area contributed by atoms with Crippen LogP contribution in [0.3, 0.4) is 0 Å². The van der Waals surface area contributed by atoms with Crippen LogP contribution in [0.5, 0.6) is 23.0 Å². The van der Waals surface area contributed by atoms with Gasteiger partial charge < -0.3 is 28.4 Å². The Labute approximate surface area is 228 Å². The van der Waals surface area contributed by atoms with Gasteiger partial charge in [-0.05, 0) is 65.0 Å². The highest BCUT2D eigenvalue weighted by Crippen LogP contribution is 2.38. The number of aromatic nitrogens is 4. The monoisotopic (exact) mass is 543 g/mol. The first kappa shape index (κ1) is 24.4. The number of rotatable bonds is 6. The van der Waals surface area contributed by atoms with Gasteiger partial charge >= 0.3 is 6.09 Å². The number of hydrogen-bond donors (Lipinski definition) is 1. The molecule has 4 aromatic rings. The number of benzene rings is 3. The lowest BCUT2D eigenvalue weighted by atomic mass is 10.1. The van der Waals surface area contributed by atoms with E-state index in [1.807, 2.05) is 48.5 Å². The van der Waals surface area contributed by atoms with Gasteiger partial charge in [-0.1, -0.05) is 18.2 Å². The molecule has 4 atom stereocenters. The van der Waals surface area contributed by atoms with E-state index in [-0.39, 0.29) is 18.8 Å². The molecule has 0 aliphatic carbocycles. The van der Waals surface area contributed by atoms with Crippen molar-refractivity contribution >= 4 is 11.8 Å². The summed E-state index contributed by atoms with van der Waals surface area (Å²) in [5, 5.41) is 15.1. The molecule has 3 aliphatic rings. The minimum atomic E-state index is -0.600. The average Bonchev–Trinajstić information content (AvgIpc) is 3.72. The number of anilines is 1. The van der Waals surface area contributed by atoms with E-state index < -0.39 is 18.3 Å². The van der Waals surface area contributed by atoms with Crippen molar-refractivity contribution in [1.82, 2.24) is 20.2 Å². The fraction of sp³-hybridized carbons (Fsp3) is 0.286. The molecule has 0 radical (unpaired) electrons. The molecule has 204 valence electrons. The summed E-state index contributed by atoms with van der Waals surface area (Å²) in [6.07, 6.45) is -2.01. The third-order valence-electron chi connectivity index (χ3n) is 6.93. The first-order valence-electron chi connectivity index (χ1n) is 12.9. The Kier molecular flexibility index (Phi) is 6.38. The number of ether oxygens (including phenoxy) is 6. The molecular formula is C28H25N5O7. The second kappa shape index (κ2) is 10.5. The Bertz CT molecular complexity index is 1500. The van der Waals surface area contributed by atoms with Crippen LogP contribution in [-0.4, -0.2) is 71.0 Å². The summed E-state index contributed by atoms with van der Waals surface area (Å²) in [4.78, 5) is 12.7. The quantitative estimate of drug-likeness (QED) is 0.383. The van der Waals surface area contributed by atoms with Crippen LogP contribution in [0, 0.1) is 0 Å². The van der Waals surface area contributed by atoms with Gasteiger partial charge in [0.25, 0.3) is 0 Å². The second-order valence-corrected chi connectivity index (χ2v) is 9.48. The molecule has 12 heteroatoms. The van der Waals surface area contributed by atoms with Gasteiger partial charge in [0, 0.05) is 11.3 Å². The summed E-state index contributed by atoms with van der Waals surface area (Å²) in [7, 11) is 0. The molecule has 3 aromatic carbocycles. The number of para-hydroxylation sites is 1. The Morgan fingerprint density at radius 3 is 2.50 bits per heavy atom. The maximum absolute atomic E-state index is 12.7. The van der Waals surface area contributed by atoms with E-state index in [9.17, 15) is 4.79 Å². The zero-order valence-corrected chi connectivity index (χ0v) is 21.2. The van der Waals surface area contributed by atoms with E-state index in [1.54, 1.807) is 28.9 Å². The SMILES string of the molecule is O=C(Nc1ccc(Oc2ccccc2)cc1)O[C@@H]1CO[C@H]2[C@@H]1OC[C@@H]2n1nnnc1-c1ccc2c(c1)OCCO2. The van der Waals surface area contributed by atoms with Crippen molar-refractivity contribution in [3.63, 3.8) is 0 Å². The highest BCUT2D eigenvalue weighted by atomic mass is 16.6. The lowest BCUT2D eigenvalue weighted by molar-refractivity contribution is 0.00774. The Hall–Kier alpha value is -4.68. The summed E-state index contributed by atoms with van der Waals surface area (Å²) in [5.74, 6) is 3.27. The number of nitrogens with one attached hydrogen (secondary N) is 1. The molecule has 4 heterocycles. The standard InChI is InChI=1S/C28H25N5O7/c34-28(29-18-7-9-20(10-8-18)39-19-4-2-1-3-5-19)40-24-16-38-25-21(15-37-26(24)25)33-27(30-31-32-33)17-6-11-22-23(14-17)36-13-12-35-22/h1-11,14,21,24-26H,12-13,15-16H2,(H,29,34)/t21-,24+,25+,26+/m0/s1. The lowest BCUT2D eigenvalue weighted by Crippen LogP contribution is -2.35. The largest absolute Gasteiger partial charge is 0.486 e. The molecule has 0 saturated carbocycles. The van der Waals surface area contributed by atoms with Crippen LogP contribution in [0.25, 0.3) is 11.4 Å². The van der Waals surface area contributed by atoms with Crippen molar-refractivity contribution in [2.75, 3.05) is 31.7 Å². The predicted molar refractivity (Wildman–Crippen MR) is 140 cm³/mol. The molecule has 0 spiro atoms. The van der Waals surface area contributed by atoms with Crippen molar-refractivity contribution in [2.45, 2.75) is 24.4 Å². The van der Waals surface area contributed by atoms with Crippen molar-refractivity contribution < 1.29 is 33.2 Å². The Morgan fingerprint density at radius 2 is 1.65 bits per heavy atom. The van der Waals surface area contributed by atoms with Crippen molar-refractivity contribution in [3.05, 3.63) is 72.8 Å². The number of hydrogen-bond acceptors (Lipinski definition) is 10. The zero-order valence-electron chi connectivity index (χ0n) is 21.2. The minimum Gasteiger partial charge on any atom is -0.486 e. The highest BCUT2D eigenvalue weighted by molar-refractivity contribution is 5.84. The lowest BCUT2D eigenvalue weighted by Gasteiger charge is -2.20. The second-order valence-electron chi connectivity index (χ2n) is 9.48. The van der Waals surface area contributed by atoms with Gasteiger partial charge in [0.2, 0.25) is 0 Å². The van der Waals surface area contributed by atoms with E-state index in [0.717, 1.165) is 11.3 Å². The molecule has 12 nitrogen and oxygen atoms in total. The van der Waals surface area contributed by atoms with Gasteiger partial charge in [-0.3, -0.25) is 5.32 Å². The van der Waals surface area contributed by atoms with Crippen molar-refractivity contribution in [1.29, 1.82) is 0 Å². The van der Waals surface area contributed by atoms with Gasteiger partial charge in [0.1, 0.15) is 43.0 Å². The van der Waals surface area contributed by atoms with Crippen LogP contribution < -0.4 is 19.5 Å². The van der Waals surface area contributed by atoms with Gasteiger partial charge in [-0.2, -0.15) is 0 Å². The van der Waals surface area contributed by atoms with E-state index in [1.165, 1.54) is 0 Å². The summed E-state index contributed by atoms with van der Waals surface area (Å²) in [6.45, 7) is 1.51. The molecule has 0 bridgehead atoms. The van der Waals surface area contributed by atoms with Crippen LogP contribution in [0.1, 0.15) is 6.04 Å². The predicted octanol–water partition coefficient (Wildman–Crippen LogP) is 3.86. The van der Waals surface area contributed by atoms with E-state index in [2.05, 4.69) is 20.8 Å². The van der Waals surface area contributed by atoms with Gasteiger partial charge in [-0.15, -0.1) is 5.10 Å². The normalized spacial score (nSPS) is 22.9. The van der Waals surface area contributed by atoms with E-state index in [4.69, 9.17) is 28.4 Å². The van der Waals surface area contributed by atoms with Crippen LogP contribution >= 0.6 is 0 Å². The third kappa shape index (κ3) is 4.78. The van der Waals surface area contributed by atoms with Crippen molar-refractivity contribution in [3.8, 4) is 34.4 Å². The van der Waals surface area contributed by atoms with Crippen LogP contribution in [-0.2, 0) is 14.2 Å². The molecular weight excluding hydrogens is 518 g/mol. The number of nitrogens with zero attached hydrogens (tertiary/aromatic N) is 4. The molecule has 0 unspecified atom stereocenters. The van der Waals surface area contributed by atoms with Gasteiger partial charge in [0.15, 0.2) is 23.4 Å². The maximum atomic E-state index is 12.7. The highest BCUT2D eigenvalue weighted by Gasteiger charge is 2.51. The topological polar surface area (TPSA) is 128 Å². The molecule has 40 heavy (non-hydrogen) atoms. The molecule has 1 amide bonds. The molecule has 3 aliphatic heterocycles. The summed E-state index contributed by atoms with van der Waals surface area (Å²) < 4.78 is 36.5. The van der Waals surface area contributed by atoms with Crippen molar-refractivity contribution in [2.24, 2.45) is 0 Å². The number of amides is 1. The molecule has 2 saturated heterocycles. The maximum Gasteiger partial charge on any atom is 0.412 e. The number of carbonyl (C=O) groups is 1. The first-order valence-corrected chi connectivity index (χ1v) is 12.9. The third-order valence-corrected chi connectivity index (χ3v) is 6.93. The molecule has 1 aromatic heterocycles. The first-order chi connectivity index (χ1) is 19.7. The molecule has 2 fully saturated rings. The molecule has 1 N–H and O–H groups in total. The van der Waals surface area contributed by atoms with Crippen LogP contribution in [0.2, 0.25) is 0 Å². The minimum absolute atomic E-state index is 0.199. The summed E-state index contributed by atoms with van der Waals surface area (Å²) in [6, 6.07) is 21.8. The summed E-state index contributed by atoms with van der Waals surface area (Å²) >= 11 is 0. The number of tetrazole rings is 1. The van der Waals surface area contributed by atoms with E-state index in [0.29, 0.717) is 48.6 Å². The van der Waals surface area contributed by atoms with Crippen LogP contribution in [0.15, 0.2) is 72.8 Å². The number of carbonyl (C=O) groups excluding carboxylic acids is 1.